The van der Waals surface area contributed by atoms with Gasteiger partial charge in [0.05, 0.1) is 45.4 Å². The fourth-order valence-corrected chi connectivity index (χ4v) is 11.0. The Morgan fingerprint density at radius 3 is 2.23 bits per heavy atom. The van der Waals surface area contributed by atoms with Gasteiger partial charge in [-0.15, -0.1) is 11.3 Å². The molecule has 2 aliphatic rings. The number of unbranched alkanes of at least 4 members (excludes halogenated alkanes) is 2. The van der Waals surface area contributed by atoms with Crippen LogP contribution in [0.1, 0.15) is 107 Å². The maximum atomic E-state index is 14.2. The van der Waals surface area contributed by atoms with E-state index in [1.54, 1.807) is 53.8 Å². The Morgan fingerprint density at radius 1 is 0.958 bits per heavy atom. The normalized spacial score (nSPS) is 20.0. The summed E-state index contributed by atoms with van der Waals surface area (Å²) in [6.07, 6.45) is 1.19. The molecule has 6 rings (SSSR count). The highest BCUT2D eigenvalue weighted by atomic mass is 35.5. The fraction of sp³-hybridized carbons (Fsp3) is 0.519. The summed E-state index contributed by atoms with van der Waals surface area (Å²) in [5, 5.41) is 29.5. The van der Waals surface area contributed by atoms with Gasteiger partial charge in [0.1, 0.15) is 42.4 Å². The Bertz CT molecular complexity index is 2520. The number of aliphatic hydroxyl groups excluding tert-OH is 1. The highest BCUT2D eigenvalue weighted by molar-refractivity contribution is 7.13. The number of thiazole rings is 1. The van der Waals surface area contributed by atoms with E-state index in [1.165, 1.54) is 4.90 Å². The van der Waals surface area contributed by atoms with E-state index in [9.17, 15) is 29.5 Å². The van der Waals surface area contributed by atoms with Gasteiger partial charge in [-0.1, -0.05) is 84.3 Å². The number of carbonyl (C=O) groups is 4. The smallest absolute Gasteiger partial charge is 0.251 e. The third-order valence-corrected chi connectivity index (χ3v) is 14.7. The third kappa shape index (κ3) is 13.5. The number of amides is 4. The summed E-state index contributed by atoms with van der Waals surface area (Å²) in [7, 11) is 3.85. The number of hydrogen-bond donors (Lipinski definition) is 4. The zero-order valence-electron chi connectivity index (χ0n) is 42.6. The van der Waals surface area contributed by atoms with Crippen molar-refractivity contribution in [3.8, 4) is 28.0 Å². The van der Waals surface area contributed by atoms with Gasteiger partial charge in [0, 0.05) is 54.6 Å². The number of ether oxygens (including phenoxy) is 3. The summed E-state index contributed by atoms with van der Waals surface area (Å²) in [4.78, 5) is 63.6. The number of aryl methyl sites for hydroxylation is 1. The maximum Gasteiger partial charge on any atom is 0.251 e. The van der Waals surface area contributed by atoms with E-state index >= 15 is 0 Å². The average molecular weight is 1010 g/mol. The lowest BCUT2D eigenvalue weighted by atomic mass is 9.49. The first-order chi connectivity index (χ1) is 33.5. The predicted octanol–water partition coefficient (Wildman–Crippen LogP) is 7.73. The van der Waals surface area contributed by atoms with Crippen molar-refractivity contribution in [3.63, 3.8) is 0 Å². The van der Waals surface area contributed by atoms with Crippen molar-refractivity contribution < 1.29 is 38.5 Å². The number of nitrogens with zero attached hydrogens (tertiary/aromatic N) is 4. The van der Waals surface area contributed by atoms with Gasteiger partial charge in [0.15, 0.2) is 0 Å². The SMILES string of the molecule is Cc1ncsc1-c1ccc([C@H](CN(C)C)NC(=O)[C@@H]2C[C@@H](O)CN2C(=O)[C@@H](NC(=O)COCCCCCOc2ccc(C(=O)N[C@H]3C(C)(C)[C@H](Oc4ccc(C#N)c(Cl)c4)C3(C)C)cc2)C(C)(C)C)cc1. The van der Waals surface area contributed by atoms with Gasteiger partial charge in [-0.25, -0.2) is 4.98 Å². The molecule has 0 radical (unpaired) electrons. The Labute approximate surface area is 427 Å². The summed E-state index contributed by atoms with van der Waals surface area (Å²) >= 11 is 7.82. The molecule has 382 valence electrons. The lowest BCUT2D eigenvalue weighted by Gasteiger charge is -2.63. The summed E-state index contributed by atoms with van der Waals surface area (Å²) in [5.41, 5.74) is 4.12. The van der Waals surface area contributed by atoms with Crippen LogP contribution in [0, 0.1) is 34.5 Å². The Balaban J connectivity index is 0.910. The van der Waals surface area contributed by atoms with E-state index in [2.05, 4.69) is 54.7 Å². The molecule has 71 heavy (non-hydrogen) atoms. The molecule has 1 aromatic heterocycles. The number of carbonyl (C=O) groups excluding carboxylic acids is 4. The fourth-order valence-electron chi connectivity index (χ4n) is 9.99. The van der Waals surface area contributed by atoms with Crippen molar-refractivity contribution in [1.82, 2.24) is 30.7 Å². The maximum absolute atomic E-state index is 14.2. The van der Waals surface area contributed by atoms with Crippen molar-refractivity contribution in [2.24, 2.45) is 16.2 Å². The number of β-amino-alcohol motifs (C(OH)–C–C–N with tert-alkyl or cyclic N) is 1. The molecule has 4 atom stereocenters. The molecular weight excluding hydrogens is 942 g/mol. The van der Waals surface area contributed by atoms with Crippen LogP contribution in [0.4, 0.5) is 0 Å². The molecule has 1 saturated carbocycles. The first-order valence-corrected chi connectivity index (χ1v) is 25.5. The standard InChI is InChI=1S/C54H70ClN7O8S/c1-33-45(71-32-57-33)35-16-14-34(15-17-35)42(30-61(9)10)58-48(66)43-26-38(63)29-62(43)49(67)46(52(2,3)4)59-44(64)31-68-24-12-11-13-25-69-39-21-18-36(19-22-39)47(65)60-50-53(5,6)51(54(50,7)8)70-40-23-20-37(28-56)41(55)27-40/h14-23,27,32,38,42-43,46,50-51,63H,11-13,24-26,29-31H2,1-10H3,(H,58,66)(H,59,64)(H,60,65)/t38-,42+,43+,46-,50-,51-/m1/s1. The van der Waals surface area contributed by atoms with Crippen LogP contribution in [0.2, 0.25) is 5.02 Å². The van der Waals surface area contributed by atoms with Gasteiger partial charge in [-0.3, -0.25) is 19.2 Å². The summed E-state index contributed by atoms with van der Waals surface area (Å²) in [5.74, 6) is -0.243. The number of nitriles is 1. The van der Waals surface area contributed by atoms with E-state index in [4.69, 9.17) is 25.8 Å². The molecule has 1 aliphatic heterocycles. The van der Waals surface area contributed by atoms with Gasteiger partial charge >= 0.3 is 0 Å². The quantitative estimate of drug-likeness (QED) is 0.0597. The highest BCUT2D eigenvalue weighted by Gasteiger charge is 2.64. The zero-order valence-corrected chi connectivity index (χ0v) is 44.2. The monoisotopic (exact) mass is 1010 g/mol. The minimum atomic E-state index is -0.974. The number of nitrogens with one attached hydrogen (secondary N) is 3. The Morgan fingerprint density at radius 2 is 1.62 bits per heavy atom. The van der Waals surface area contributed by atoms with Crippen molar-refractivity contribution in [2.45, 2.75) is 117 Å². The summed E-state index contributed by atoms with van der Waals surface area (Å²) < 4.78 is 18.0. The lowest BCUT2D eigenvalue weighted by Crippen LogP contribution is -2.74. The van der Waals surface area contributed by atoms with Crippen molar-refractivity contribution in [2.75, 3.05) is 47.0 Å². The summed E-state index contributed by atoms with van der Waals surface area (Å²) in [6.45, 7) is 16.8. The van der Waals surface area contributed by atoms with Gasteiger partial charge in [0.2, 0.25) is 17.7 Å². The minimum Gasteiger partial charge on any atom is -0.494 e. The second-order valence-corrected chi connectivity index (χ2v) is 22.5. The third-order valence-electron chi connectivity index (χ3n) is 13.4. The minimum absolute atomic E-state index is 0.0285. The molecule has 2 heterocycles. The average Bonchev–Trinajstić information content (AvgIpc) is 3.94. The number of rotatable bonds is 21. The number of likely N-dealkylation sites (tertiary alicyclic amines) is 1. The molecule has 2 fully saturated rings. The molecule has 0 unspecified atom stereocenters. The molecular formula is C54H70ClN7O8S. The van der Waals surface area contributed by atoms with Crippen LogP contribution >= 0.6 is 22.9 Å². The molecule has 15 nitrogen and oxygen atoms in total. The number of aliphatic hydroxyl groups is 1. The Kier molecular flexibility index (Phi) is 18.0. The van der Waals surface area contributed by atoms with Crippen LogP contribution < -0.4 is 25.4 Å². The molecule has 0 spiro atoms. The second kappa shape index (κ2) is 23.3. The van der Waals surface area contributed by atoms with E-state index in [0.29, 0.717) is 53.8 Å². The van der Waals surface area contributed by atoms with Gasteiger partial charge in [0.25, 0.3) is 5.91 Å². The number of aromatic nitrogens is 1. The van der Waals surface area contributed by atoms with E-state index < -0.39 is 46.2 Å². The van der Waals surface area contributed by atoms with Crippen LogP contribution in [0.5, 0.6) is 11.5 Å². The van der Waals surface area contributed by atoms with Crippen LogP contribution in [0.3, 0.4) is 0 Å². The van der Waals surface area contributed by atoms with Crippen molar-refractivity contribution >= 4 is 46.6 Å². The number of benzene rings is 3. The zero-order chi connectivity index (χ0) is 51.8. The lowest BCUT2D eigenvalue weighted by molar-refractivity contribution is -0.164. The van der Waals surface area contributed by atoms with Gasteiger partial charge in [-0.05, 0) is 93.2 Å². The van der Waals surface area contributed by atoms with Crippen LogP contribution in [-0.2, 0) is 19.1 Å². The van der Waals surface area contributed by atoms with Crippen LogP contribution in [0.25, 0.3) is 10.4 Å². The van der Waals surface area contributed by atoms with E-state index in [1.807, 2.05) is 76.5 Å². The molecule has 4 N–H and O–H groups in total. The molecule has 4 amide bonds. The summed E-state index contributed by atoms with van der Waals surface area (Å²) in [6, 6.07) is 19.7. The molecule has 0 bridgehead atoms. The number of likely N-dealkylation sites (N-methyl/N-ethyl adjacent to an activating group) is 1. The first-order valence-electron chi connectivity index (χ1n) is 24.2. The molecule has 1 saturated heterocycles. The molecule has 17 heteroatoms. The molecule has 1 aliphatic carbocycles. The van der Waals surface area contributed by atoms with Crippen molar-refractivity contribution in [1.29, 1.82) is 5.26 Å². The van der Waals surface area contributed by atoms with Crippen LogP contribution in [-0.4, -0.2) is 121 Å². The molecule has 3 aromatic carbocycles. The highest BCUT2D eigenvalue weighted by Crippen LogP contribution is 2.55. The molecule has 4 aromatic rings. The van der Waals surface area contributed by atoms with E-state index in [-0.39, 0.29) is 49.6 Å². The van der Waals surface area contributed by atoms with Crippen LogP contribution in [0.15, 0.2) is 72.2 Å². The second-order valence-electron chi connectivity index (χ2n) is 21.3. The van der Waals surface area contributed by atoms with Gasteiger partial charge in [-0.2, -0.15) is 5.26 Å². The largest absolute Gasteiger partial charge is 0.494 e. The topological polar surface area (TPSA) is 195 Å². The number of hydrogen-bond acceptors (Lipinski definition) is 12. The van der Waals surface area contributed by atoms with Gasteiger partial charge < -0.3 is 45.1 Å². The number of halogens is 1. The Hall–Kier alpha value is -5.57. The predicted molar refractivity (Wildman–Crippen MR) is 275 cm³/mol. The van der Waals surface area contributed by atoms with Crippen molar-refractivity contribution in [3.05, 3.63) is 99.6 Å². The first kappa shape index (κ1) is 54.8. The van der Waals surface area contributed by atoms with E-state index in [0.717, 1.165) is 34.5 Å².